The van der Waals surface area contributed by atoms with Crippen molar-refractivity contribution < 1.29 is 22.1 Å². The zero-order valence-electron chi connectivity index (χ0n) is 13.7. The van der Waals surface area contributed by atoms with Gasteiger partial charge in [-0.25, -0.2) is 14.8 Å². The van der Waals surface area contributed by atoms with Gasteiger partial charge in [0.25, 0.3) is 0 Å². The van der Waals surface area contributed by atoms with E-state index in [2.05, 4.69) is 9.97 Å². The average molecular weight is 384 g/mol. The van der Waals surface area contributed by atoms with Gasteiger partial charge < -0.3 is 13.7 Å². The minimum atomic E-state index is -3.95. The Morgan fingerprint density at radius 3 is 2.52 bits per heavy atom. The molecule has 0 fully saturated rings. The molecule has 0 aliphatic carbocycles. The van der Waals surface area contributed by atoms with Crippen LogP contribution in [0.4, 0.5) is 0 Å². The number of nitrogens with zero attached hydrogens (tertiary/aromatic N) is 2. The van der Waals surface area contributed by atoms with Crippen molar-refractivity contribution in [1.82, 2.24) is 9.97 Å². The molecule has 0 aliphatic rings. The second-order valence-electron chi connectivity index (χ2n) is 5.81. The summed E-state index contributed by atoms with van der Waals surface area (Å²) >= 11 is 0. The quantitative estimate of drug-likeness (QED) is 0.323. The molecule has 0 aliphatic heterocycles. The lowest BCUT2D eigenvalue weighted by Crippen LogP contribution is -2.12. The van der Waals surface area contributed by atoms with E-state index in [-0.39, 0.29) is 22.5 Å². The molecule has 0 radical (unpaired) electrons. The highest BCUT2D eigenvalue weighted by molar-refractivity contribution is 7.86. The normalized spacial score (nSPS) is 11.7. The Kier molecular flexibility index (Phi) is 4.00. The van der Waals surface area contributed by atoms with E-state index in [1.165, 1.54) is 43.0 Å². The number of fused-ring (bicyclic) bond motifs is 3. The van der Waals surface area contributed by atoms with Crippen LogP contribution in [0.25, 0.3) is 21.7 Å². The van der Waals surface area contributed by atoms with Gasteiger partial charge in [-0.2, -0.15) is 8.42 Å². The van der Waals surface area contributed by atoms with Crippen molar-refractivity contribution in [2.75, 3.05) is 0 Å². The number of aromatic nitrogens is 2. The molecule has 2 heterocycles. The van der Waals surface area contributed by atoms with Crippen LogP contribution in [0.1, 0.15) is 5.56 Å². The van der Waals surface area contributed by atoms with E-state index in [4.69, 9.17) is 8.60 Å². The smallest absolute Gasteiger partial charge is 0.344 e. The number of hydrogen-bond acceptors (Lipinski definition) is 8. The first-order valence-electron chi connectivity index (χ1n) is 7.77. The molecule has 9 heteroatoms. The van der Waals surface area contributed by atoms with Crippen molar-refractivity contribution in [2.45, 2.75) is 5.75 Å². The zero-order chi connectivity index (χ0) is 19.0. The van der Waals surface area contributed by atoms with Gasteiger partial charge in [0.2, 0.25) is 0 Å². The van der Waals surface area contributed by atoms with Gasteiger partial charge in [0, 0.05) is 34.8 Å². The van der Waals surface area contributed by atoms with E-state index in [9.17, 15) is 18.3 Å². The summed E-state index contributed by atoms with van der Waals surface area (Å²) in [5.74, 6) is -0.432. The highest BCUT2D eigenvalue weighted by atomic mass is 32.2. The lowest BCUT2D eigenvalue weighted by atomic mass is 10.1. The van der Waals surface area contributed by atoms with Crippen LogP contribution < -0.4 is 9.81 Å². The number of phenolic OH excluding ortho intramolecular Hbond substituents is 1. The minimum absolute atomic E-state index is 0.0145. The second-order valence-corrected chi connectivity index (χ2v) is 7.38. The number of aromatic hydroxyl groups is 1. The fraction of sp³-hybridized carbons (Fsp3) is 0.0556. The van der Waals surface area contributed by atoms with Crippen molar-refractivity contribution in [1.29, 1.82) is 0 Å². The highest BCUT2D eigenvalue weighted by Crippen LogP contribution is 2.28. The molecule has 27 heavy (non-hydrogen) atoms. The first kappa shape index (κ1) is 17.0. The van der Waals surface area contributed by atoms with Crippen LogP contribution >= 0.6 is 0 Å². The number of hydrogen-bond donors (Lipinski definition) is 1. The standard InChI is InChI=1S/C18H12N2O6S/c21-12-1-3-14-15-4-2-13(6-17(15)25-18(22)16(14)5-12)26-27(23,24)9-11-7-19-10-20-8-11/h1-8,10,21H,9H2. The molecule has 0 saturated carbocycles. The Hall–Kier alpha value is -3.46. The summed E-state index contributed by atoms with van der Waals surface area (Å²) in [5.41, 5.74) is -0.0839. The molecule has 0 spiro atoms. The van der Waals surface area contributed by atoms with Gasteiger partial charge in [-0.15, -0.1) is 0 Å². The first-order chi connectivity index (χ1) is 12.9. The van der Waals surface area contributed by atoms with Gasteiger partial charge in [0.15, 0.2) is 0 Å². The molecular formula is C18H12N2O6S. The van der Waals surface area contributed by atoms with Crippen molar-refractivity contribution in [3.8, 4) is 11.5 Å². The van der Waals surface area contributed by atoms with Crippen LogP contribution in [-0.2, 0) is 15.9 Å². The molecule has 4 rings (SSSR count). The summed E-state index contributed by atoms with van der Waals surface area (Å²) in [6, 6.07) is 8.76. The lowest BCUT2D eigenvalue weighted by Gasteiger charge is -2.08. The predicted octanol–water partition coefficient (Wildman–Crippen LogP) is 2.35. The monoisotopic (exact) mass is 384 g/mol. The molecule has 0 atom stereocenters. The number of phenols is 1. The maximum Gasteiger partial charge on any atom is 0.344 e. The van der Waals surface area contributed by atoms with Crippen LogP contribution in [0.15, 0.2) is 64.3 Å². The maximum atomic E-state index is 12.2. The van der Waals surface area contributed by atoms with Crippen molar-refractivity contribution >= 4 is 31.9 Å². The number of rotatable bonds is 4. The molecule has 1 N–H and O–H groups in total. The summed E-state index contributed by atoms with van der Waals surface area (Å²) in [6.07, 6.45) is 4.07. The summed E-state index contributed by atoms with van der Waals surface area (Å²) in [6.45, 7) is 0. The van der Waals surface area contributed by atoms with Gasteiger partial charge in [-0.1, -0.05) is 0 Å². The summed E-state index contributed by atoms with van der Waals surface area (Å²) in [7, 11) is -3.95. The largest absolute Gasteiger partial charge is 0.508 e. The van der Waals surface area contributed by atoms with Crippen LogP contribution in [-0.4, -0.2) is 23.5 Å². The summed E-state index contributed by atoms with van der Waals surface area (Å²) < 4.78 is 34.8. The van der Waals surface area contributed by atoms with Crippen molar-refractivity contribution in [3.63, 3.8) is 0 Å². The Bertz CT molecular complexity index is 1320. The Morgan fingerprint density at radius 1 is 1.00 bits per heavy atom. The van der Waals surface area contributed by atoms with Crippen LogP contribution in [0, 0.1) is 0 Å². The van der Waals surface area contributed by atoms with E-state index >= 15 is 0 Å². The molecule has 2 aromatic carbocycles. The second kappa shape index (κ2) is 6.36. The van der Waals surface area contributed by atoms with Crippen molar-refractivity contribution in [3.05, 3.63) is 71.1 Å². The molecule has 2 aromatic heterocycles. The van der Waals surface area contributed by atoms with Gasteiger partial charge in [0.1, 0.15) is 29.2 Å². The first-order valence-corrected chi connectivity index (χ1v) is 9.35. The van der Waals surface area contributed by atoms with Gasteiger partial charge >= 0.3 is 15.7 Å². The van der Waals surface area contributed by atoms with E-state index in [1.54, 1.807) is 12.1 Å². The van der Waals surface area contributed by atoms with E-state index in [0.29, 0.717) is 16.3 Å². The zero-order valence-corrected chi connectivity index (χ0v) is 14.5. The van der Waals surface area contributed by atoms with Crippen LogP contribution in [0.5, 0.6) is 11.5 Å². The van der Waals surface area contributed by atoms with Gasteiger partial charge in [-0.05, 0) is 30.3 Å². The van der Waals surface area contributed by atoms with Gasteiger partial charge in [0.05, 0.1) is 5.39 Å². The fourth-order valence-corrected chi connectivity index (χ4v) is 3.75. The molecule has 0 amide bonds. The molecular weight excluding hydrogens is 372 g/mol. The van der Waals surface area contributed by atoms with E-state index in [1.807, 2.05) is 0 Å². The van der Waals surface area contributed by atoms with E-state index < -0.39 is 21.5 Å². The molecule has 0 saturated heterocycles. The molecule has 0 unspecified atom stereocenters. The third-order valence-electron chi connectivity index (χ3n) is 3.85. The molecule has 0 bridgehead atoms. The molecule has 8 nitrogen and oxygen atoms in total. The predicted molar refractivity (Wildman–Crippen MR) is 96.9 cm³/mol. The number of benzene rings is 2. The topological polar surface area (TPSA) is 120 Å². The van der Waals surface area contributed by atoms with Gasteiger partial charge in [-0.3, -0.25) is 0 Å². The Labute approximate surface area is 152 Å². The maximum absolute atomic E-state index is 12.2. The lowest BCUT2D eigenvalue weighted by molar-refractivity contribution is 0.475. The van der Waals surface area contributed by atoms with E-state index in [0.717, 1.165) is 0 Å². The van der Waals surface area contributed by atoms with Crippen LogP contribution in [0.2, 0.25) is 0 Å². The summed E-state index contributed by atoms with van der Waals surface area (Å²) in [4.78, 5) is 19.7. The molecule has 136 valence electrons. The minimum Gasteiger partial charge on any atom is -0.508 e. The fourth-order valence-electron chi connectivity index (χ4n) is 2.74. The third-order valence-corrected chi connectivity index (χ3v) is 4.98. The SMILES string of the molecule is O=c1oc2cc(OS(=O)(=O)Cc3cncnc3)ccc2c2ccc(O)cc12. The third kappa shape index (κ3) is 3.44. The van der Waals surface area contributed by atoms with Crippen molar-refractivity contribution in [2.24, 2.45) is 0 Å². The highest BCUT2D eigenvalue weighted by Gasteiger charge is 2.16. The summed E-state index contributed by atoms with van der Waals surface area (Å²) in [5, 5.41) is 10.9. The van der Waals surface area contributed by atoms with Crippen LogP contribution in [0.3, 0.4) is 0 Å². The average Bonchev–Trinajstić information content (AvgIpc) is 2.62. The molecule has 4 aromatic rings. The Balaban J connectivity index is 1.72. The Morgan fingerprint density at radius 2 is 1.74 bits per heavy atom.